The number of carbonyl (C=O) groups is 2. The van der Waals surface area contributed by atoms with E-state index in [9.17, 15) is 9.59 Å². The fraction of sp³-hybridized carbons (Fsp3) is 0.600. The highest BCUT2D eigenvalue weighted by Gasteiger charge is 2.27. The average Bonchev–Trinajstić information content (AvgIpc) is 2.58. The molecule has 2 rings (SSSR count). The summed E-state index contributed by atoms with van der Waals surface area (Å²) in [6.45, 7) is 7.71. The molecule has 25 heavy (non-hydrogen) atoms. The van der Waals surface area contributed by atoms with Crippen molar-refractivity contribution in [1.82, 2.24) is 4.90 Å². The molecule has 0 radical (unpaired) electrons. The minimum Gasteiger partial charge on any atom is -0.335 e. The first-order valence-electron chi connectivity index (χ1n) is 9.39. The summed E-state index contributed by atoms with van der Waals surface area (Å²) < 4.78 is 0. The molecule has 2 atom stereocenters. The quantitative estimate of drug-likeness (QED) is 0.821. The minimum atomic E-state index is -0.0512. The number of amides is 2. The molecule has 0 aromatic heterocycles. The Morgan fingerprint density at radius 1 is 1.24 bits per heavy atom. The van der Waals surface area contributed by atoms with Gasteiger partial charge in [0.2, 0.25) is 0 Å². The van der Waals surface area contributed by atoms with Crippen LogP contribution in [0.15, 0.2) is 18.2 Å². The number of nitrogens with one attached hydrogen (secondary N) is 2. The first kappa shape index (κ1) is 19.4. The zero-order chi connectivity index (χ0) is 18.4. The van der Waals surface area contributed by atoms with Gasteiger partial charge in [-0.3, -0.25) is 9.59 Å². The standard InChI is InChI=1S/C20H31N3O2/c1-5-17-10-6-7-12-23(17)20(25)14-22(4)13-19(24)21-18-11-8-9-15(2)16(18)3/h8-9,11,17H,5-7,10,12-14H2,1-4H3,(H,21,24)/p+1/t17-/m0/s1. The van der Waals surface area contributed by atoms with Crippen LogP contribution in [-0.4, -0.2) is 49.4 Å². The Bertz CT molecular complexity index is 615. The molecular formula is C20H32N3O2+. The van der Waals surface area contributed by atoms with Crippen molar-refractivity contribution in [2.24, 2.45) is 0 Å². The molecule has 0 saturated carbocycles. The van der Waals surface area contributed by atoms with Crippen molar-refractivity contribution in [2.45, 2.75) is 52.5 Å². The lowest BCUT2D eigenvalue weighted by atomic mass is 10.00. The van der Waals surface area contributed by atoms with Gasteiger partial charge in [0.25, 0.3) is 11.8 Å². The molecule has 138 valence electrons. The number of rotatable bonds is 6. The predicted octanol–water partition coefficient (Wildman–Crippen LogP) is 1.55. The molecule has 1 aliphatic rings. The monoisotopic (exact) mass is 346 g/mol. The van der Waals surface area contributed by atoms with Gasteiger partial charge in [0.05, 0.1) is 7.05 Å². The zero-order valence-corrected chi connectivity index (χ0v) is 16.0. The van der Waals surface area contributed by atoms with Crippen LogP contribution in [0.4, 0.5) is 5.69 Å². The smallest absolute Gasteiger partial charge is 0.279 e. The maximum atomic E-state index is 12.6. The van der Waals surface area contributed by atoms with Gasteiger partial charge in [0.1, 0.15) is 0 Å². The van der Waals surface area contributed by atoms with Crippen molar-refractivity contribution in [1.29, 1.82) is 0 Å². The number of piperidine rings is 1. The fourth-order valence-electron chi connectivity index (χ4n) is 3.53. The number of likely N-dealkylation sites (tertiary alicyclic amines) is 1. The highest BCUT2D eigenvalue weighted by molar-refractivity contribution is 5.92. The minimum absolute atomic E-state index is 0.0512. The van der Waals surface area contributed by atoms with Crippen LogP contribution in [0.1, 0.15) is 43.7 Å². The number of nitrogens with zero attached hydrogens (tertiary/aromatic N) is 1. The normalized spacial score (nSPS) is 18.7. The number of likely N-dealkylation sites (N-methyl/N-ethyl adjacent to an activating group) is 1. The molecule has 1 heterocycles. The first-order chi connectivity index (χ1) is 11.9. The molecule has 1 aliphatic heterocycles. The summed E-state index contributed by atoms with van der Waals surface area (Å²) in [5.74, 6) is 0.119. The maximum absolute atomic E-state index is 12.6. The van der Waals surface area contributed by atoms with Crippen molar-refractivity contribution >= 4 is 17.5 Å². The van der Waals surface area contributed by atoms with Gasteiger partial charge in [-0.05, 0) is 56.7 Å². The molecule has 1 unspecified atom stereocenters. The van der Waals surface area contributed by atoms with E-state index in [0.717, 1.165) is 47.5 Å². The molecule has 0 spiro atoms. The molecule has 2 N–H and O–H groups in total. The van der Waals surface area contributed by atoms with E-state index in [1.54, 1.807) is 0 Å². The van der Waals surface area contributed by atoms with E-state index in [-0.39, 0.29) is 11.8 Å². The second-order valence-electron chi connectivity index (χ2n) is 7.25. The van der Waals surface area contributed by atoms with E-state index in [1.165, 1.54) is 6.42 Å². The van der Waals surface area contributed by atoms with Crippen LogP contribution >= 0.6 is 0 Å². The summed E-state index contributed by atoms with van der Waals surface area (Å²) in [6.07, 6.45) is 4.42. The molecule has 5 nitrogen and oxygen atoms in total. The highest BCUT2D eigenvalue weighted by Crippen LogP contribution is 2.19. The average molecular weight is 346 g/mol. The van der Waals surface area contributed by atoms with Gasteiger partial charge in [-0.1, -0.05) is 19.1 Å². The lowest BCUT2D eigenvalue weighted by Crippen LogP contribution is -3.11. The summed E-state index contributed by atoms with van der Waals surface area (Å²) >= 11 is 0. The largest absolute Gasteiger partial charge is 0.335 e. The Kier molecular flexibility index (Phi) is 7.00. The van der Waals surface area contributed by atoms with E-state index in [1.807, 2.05) is 44.0 Å². The second kappa shape index (κ2) is 8.99. The summed E-state index contributed by atoms with van der Waals surface area (Å²) in [5.41, 5.74) is 3.10. The summed E-state index contributed by atoms with van der Waals surface area (Å²) in [5, 5.41) is 2.97. The van der Waals surface area contributed by atoms with Crippen LogP contribution in [-0.2, 0) is 9.59 Å². The Hall–Kier alpha value is -1.88. The topological polar surface area (TPSA) is 53.9 Å². The Morgan fingerprint density at radius 3 is 2.72 bits per heavy atom. The van der Waals surface area contributed by atoms with Gasteiger partial charge in [-0.15, -0.1) is 0 Å². The Morgan fingerprint density at radius 2 is 2.00 bits per heavy atom. The second-order valence-corrected chi connectivity index (χ2v) is 7.25. The SMILES string of the molecule is CC[C@H]1CCCCN1C(=O)C[NH+](C)CC(=O)Nc1cccc(C)c1C. The molecule has 1 fully saturated rings. The van der Waals surface area contributed by atoms with E-state index in [4.69, 9.17) is 0 Å². The van der Waals surface area contributed by atoms with Crippen LogP contribution < -0.4 is 10.2 Å². The molecule has 0 aliphatic carbocycles. The molecule has 1 aromatic carbocycles. The summed E-state index contributed by atoms with van der Waals surface area (Å²) in [7, 11) is 1.91. The van der Waals surface area contributed by atoms with Gasteiger partial charge < -0.3 is 15.1 Å². The fourth-order valence-corrected chi connectivity index (χ4v) is 3.53. The third kappa shape index (κ3) is 5.30. The van der Waals surface area contributed by atoms with E-state index < -0.39 is 0 Å². The third-order valence-electron chi connectivity index (χ3n) is 5.21. The molecule has 0 bridgehead atoms. The number of quaternary nitrogens is 1. The zero-order valence-electron chi connectivity index (χ0n) is 16.0. The number of aryl methyl sites for hydroxylation is 1. The lowest BCUT2D eigenvalue weighted by molar-refractivity contribution is -0.862. The Labute approximate surface area is 151 Å². The van der Waals surface area contributed by atoms with E-state index in [2.05, 4.69) is 12.2 Å². The lowest BCUT2D eigenvalue weighted by Gasteiger charge is -2.35. The van der Waals surface area contributed by atoms with Gasteiger partial charge in [-0.2, -0.15) is 0 Å². The van der Waals surface area contributed by atoms with E-state index in [0.29, 0.717) is 19.1 Å². The number of hydrogen-bond donors (Lipinski definition) is 2. The van der Waals surface area contributed by atoms with Crippen molar-refractivity contribution in [2.75, 3.05) is 32.0 Å². The van der Waals surface area contributed by atoms with Gasteiger partial charge in [0, 0.05) is 18.3 Å². The Balaban J connectivity index is 1.86. The number of anilines is 1. The highest BCUT2D eigenvalue weighted by atomic mass is 16.2. The predicted molar refractivity (Wildman–Crippen MR) is 101 cm³/mol. The molecule has 5 heteroatoms. The number of benzene rings is 1. The molecule has 1 aromatic rings. The van der Waals surface area contributed by atoms with Crippen LogP contribution in [0.3, 0.4) is 0 Å². The summed E-state index contributed by atoms with van der Waals surface area (Å²) in [4.78, 5) is 27.8. The molecule has 2 amide bonds. The molecule has 1 saturated heterocycles. The number of carbonyl (C=O) groups excluding carboxylic acids is 2. The van der Waals surface area contributed by atoms with E-state index >= 15 is 0 Å². The molecular weight excluding hydrogens is 314 g/mol. The van der Waals surface area contributed by atoms with Gasteiger partial charge in [0.15, 0.2) is 13.1 Å². The van der Waals surface area contributed by atoms with Gasteiger partial charge in [-0.25, -0.2) is 0 Å². The number of hydrogen-bond acceptors (Lipinski definition) is 2. The van der Waals surface area contributed by atoms with Crippen LogP contribution in [0.2, 0.25) is 0 Å². The van der Waals surface area contributed by atoms with Gasteiger partial charge >= 0.3 is 0 Å². The van der Waals surface area contributed by atoms with Crippen molar-refractivity contribution in [3.05, 3.63) is 29.3 Å². The first-order valence-corrected chi connectivity index (χ1v) is 9.39. The van der Waals surface area contributed by atoms with Crippen molar-refractivity contribution in [3.63, 3.8) is 0 Å². The maximum Gasteiger partial charge on any atom is 0.279 e. The van der Waals surface area contributed by atoms with Crippen molar-refractivity contribution in [3.8, 4) is 0 Å². The summed E-state index contributed by atoms with van der Waals surface area (Å²) in [6, 6.07) is 6.27. The van der Waals surface area contributed by atoms with Crippen LogP contribution in [0.5, 0.6) is 0 Å². The van der Waals surface area contributed by atoms with Crippen LogP contribution in [0.25, 0.3) is 0 Å². The van der Waals surface area contributed by atoms with Crippen LogP contribution in [0, 0.1) is 13.8 Å². The third-order valence-corrected chi connectivity index (χ3v) is 5.21. The van der Waals surface area contributed by atoms with Crippen molar-refractivity contribution < 1.29 is 14.5 Å².